The number of ketones is 1. The zero-order valence-corrected chi connectivity index (χ0v) is 41.6. The van der Waals surface area contributed by atoms with Gasteiger partial charge in [-0.15, -0.1) is 0 Å². The number of aliphatic hydroxyl groups is 3. The molecule has 8 rings (SSSR count). The number of hydrogen-bond acceptors (Lipinski definition) is 17. The number of hydrogen-bond donors (Lipinski definition) is 3. The first kappa shape index (κ1) is 52.4. The summed E-state index contributed by atoms with van der Waals surface area (Å²) in [6.45, 7) is 10.6. The lowest BCUT2D eigenvalue weighted by Gasteiger charge is -2.66. The summed E-state index contributed by atoms with van der Waals surface area (Å²) in [5.74, 6) is -3.60. The first-order valence-corrected chi connectivity index (χ1v) is 25.0. The molecule has 17 heteroatoms. The minimum Gasteiger partial charge on any atom is -0.461 e. The average molecular weight is 973 g/mol. The smallest absolute Gasteiger partial charge is 0.318 e. The van der Waals surface area contributed by atoms with E-state index in [1.54, 1.807) is 27.2 Å². The number of aliphatic hydroxyl groups excluding tert-OH is 2. The molecule has 0 bridgehead atoms. The first-order valence-electron chi connectivity index (χ1n) is 25.0. The maximum Gasteiger partial charge on any atom is 0.318 e. The quantitative estimate of drug-likeness (QED) is 0.129. The van der Waals surface area contributed by atoms with E-state index in [9.17, 15) is 29.7 Å². The summed E-state index contributed by atoms with van der Waals surface area (Å²) < 4.78 is 67.3. The molecule has 1 aromatic carbocycles. The molecule has 7 fully saturated rings. The molecule has 22 unspecified atom stereocenters. The van der Waals surface area contributed by atoms with Crippen LogP contribution in [0.3, 0.4) is 0 Å². The van der Waals surface area contributed by atoms with Crippen molar-refractivity contribution in [2.24, 2.45) is 40.4 Å². The average Bonchev–Trinajstić information content (AvgIpc) is 3.60. The molecule has 3 aliphatic heterocycles. The number of benzene rings is 1. The number of methoxy groups -OCH3 is 3. The molecule has 0 amide bonds. The lowest BCUT2D eigenvalue weighted by molar-refractivity contribution is -0.341. The van der Waals surface area contributed by atoms with Crippen molar-refractivity contribution in [3.8, 4) is 0 Å². The Morgan fingerprint density at radius 2 is 1.48 bits per heavy atom. The lowest BCUT2D eigenvalue weighted by atomic mass is 9.40. The second-order valence-electron chi connectivity index (χ2n) is 21.3. The van der Waals surface area contributed by atoms with Crippen molar-refractivity contribution in [1.29, 1.82) is 0 Å². The third-order valence-corrected chi connectivity index (χ3v) is 17.7. The van der Waals surface area contributed by atoms with E-state index in [4.69, 9.17) is 52.1 Å². The van der Waals surface area contributed by atoms with Gasteiger partial charge in [0.25, 0.3) is 0 Å². The third-order valence-electron chi connectivity index (χ3n) is 17.7. The van der Waals surface area contributed by atoms with Crippen molar-refractivity contribution < 1.29 is 81.8 Å². The van der Waals surface area contributed by atoms with E-state index in [0.717, 1.165) is 12.0 Å². The van der Waals surface area contributed by atoms with Crippen molar-refractivity contribution in [3.63, 3.8) is 0 Å². The predicted molar refractivity (Wildman–Crippen MR) is 245 cm³/mol. The molecule has 0 radical (unpaired) electrons. The van der Waals surface area contributed by atoms with Crippen molar-refractivity contribution in [3.05, 3.63) is 42.2 Å². The molecule has 0 aromatic heterocycles. The van der Waals surface area contributed by atoms with Gasteiger partial charge < -0.3 is 67.4 Å². The van der Waals surface area contributed by atoms with E-state index >= 15 is 0 Å². The fourth-order valence-electron chi connectivity index (χ4n) is 14.2. The molecule has 3 heterocycles. The van der Waals surface area contributed by atoms with Gasteiger partial charge in [0.15, 0.2) is 18.9 Å². The summed E-state index contributed by atoms with van der Waals surface area (Å²) in [4.78, 5) is 41.2. The van der Waals surface area contributed by atoms with Crippen LogP contribution in [0.4, 0.5) is 0 Å². The standard InChI is InChI=1S/C52H76O17/c1-27(53)34-18-21-52(58)35-16-15-32-23-33(17-20-50(32,5)41(35)46(66-30(4)54)42(51(34,52)6)48(57)62-22-19-31-13-11-10-12-14-31)67-40-25-37(60-8)45(29(3)64-40)69-39-24-36(59-7)38(26-63-39)68-49-44(56)47(61-9)43(55)28(2)65-49/h10-14,19,22,28-29,32-47,49,55-56,58H,15-18,20-21,23-26H2,1-9H3. The van der Waals surface area contributed by atoms with Crippen molar-refractivity contribution >= 4 is 23.8 Å². The second-order valence-corrected chi connectivity index (χ2v) is 21.3. The van der Waals surface area contributed by atoms with Gasteiger partial charge in [-0.3, -0.25) is 14.4 Å². The highest BCUT2D eigenvalue weighted by Crippen LogP contribution is 2.71. The number of esters is 2. The normalized spacial score (nSPS) is 46.6. The second kappa shape index (κ2) is 21.3. The molecule has 69 heavy (non-hydrogen) atoms. The Balaban J connectivity index is 0.930. The highest BCUT2D eigenvalue weighted by molar-refractivity contribution is 5.83. The van der Waals surface area contributed by atoms with E-state index in [1.165, 1.54) is 27.2 Å². The first-order chi connectivity index (χ1) is 32.9. The maximum atomic E-state index is 14.6. The van der Waals surface area contributed by atoms with Crippen molar-refractivity contribution in [2.45, 2.75) is 191 Å². The van der Waals surface area contributed by atoms with Crippen molar-refractivity contribution in [1.82, 2.24) is 0 Å². The topological polar surface area (TPSA) is 213 Å². The Bertz CT molecular complexity index is 1970. The van der Waals surface area contributed by atoms with Crippen LogP contribution in [0.1, 0.15) is 105 Å². The lowest BCUT2D eigenvalue weighted by Crippen LogP contribution is -2.72. The summed E-state index contributed by atoms with van der Waals surface area (Å²) in [6, 6.07) is 9.44. The Kier molecular flexibility index (Phi) is 16.2. The van der Waals surface area contributed by atoms with Crippen LogP contribution in [-0.4, -0.2) is 153 Å². The molecule has 22 atom stereocenters. The Morgan fingerprint density at radius 3 is 2.16 bits per heavy atom. The van der Waals surface area contributed by atoms with E-state index in [2.05, 4.69) is 6.92 Å². The van der Waals surface area contributed by atoms with E-state index in [1.807, 2.05) is 44.2 Å². The number of rotatable bonds is 14. The summed E-state index contributed by atoms with van der Waals surface area (Å²) in [6.07, 6.45) is -1.53. The Labute approximate surface area is 406 Å². The van der Waals surface area contributed by atoms with Gasteiger partial charge in [-0.1, -0.05) is 44.2 Å². The number of Topliss-reactive ketones (excluding diaryl/α,β-unsaturated/α-hetero) is 1. The van der Waals surface area contributed by atoms with Crippen molar-refractivity contribution in [2.75, 3.05) is 27.9 Å². The predicted octanol–water partition coefficient (Wildman–Crippen LogP) is 4.88. The molecule has 386 valence electrons. The number of fused-ring (bicyclic) bond motifs is 5. The molecular weight excluding hydrogens is 897 g/mol. The van der Waals surface area contributed by atoms with Crippen LogP contribution in [-0.2, 0) is 66.5 Å². The molecule has 3 saturated heterocycles. The van der Waals surface area contributed by atoms with Gasteiger partial charge in [-0.2, -0.15) is 0 Å². The molecule has 4 aliphatic carbocycles. The minimum atomic E-state index is -1.38. The van der Waals surface area contributed by atoms with Crippen LogP contribution in [0, 0.1) is 40.4 Å². The third kappa shape index (κ3) is 9.86. The highest BCUT2D eigenvalue weighted by atomic mass is 16.7. The largest absolute Gasteiger partial charge is 0.461 e. The molecular formula is C52H76O17. The van der Waals surface area contributed by atoms with Gasteiger partial charge in [-0.05, 0) is 94.6 Å². The summed E-state index contributed by atoms with van der Waals surface area (Å²) in [7, 11) is 4.63. The van der Waals surface area contributed by atoms with Crippen LogP contribution in [0.25, 0.3) is 6.08 Å². The van der Waals surface area contributed by atoms with Crippen LogP contribution >= 0.6 is 0 Å². The zero-order valence-electron chi connectivity index (χ0n) is 41.6. The van der Waals surface area contributed by atoms with Crippen LogP contribution < -0.4 is 0 Å². The summed E-state index contributed by atoms with van der Waals surface area (Å²) in [5, 5.41) is 34.4. The minimum absolute atomic E-state index is 0.0923. The number of ether oxygens (including phenoxy) is 11. The fourth-order valence-corrected chi connectivity index (χ4v) is 14.2. The van der Waals surface area contributed by atoms with Gasteiger partial charge in [-0.25, -0.2) is 0 Å². The summed E-state index contributed by atoms with van der Waals surface area (Å²) in [5.41, 5.74) is -2.24. The van der Waals surface area contributed by atoms with Gasteiger partial charge in [0.2, 0.25) is 0 Å². The summed E-state index contributed by atoms with van der Waals surface area (Å²) >= 11 is 0. The van der Waals surface area contributed by atoms with E-state index in [-0.39, 0.29) is 30.3 Å². The monoisotopic (exact) mass is 973 g/mol. The fraction of sp³-hybridized carbons (Fsp3) is 0.788. The van der Waals surface area contributed by atoms with Crippen LogP contribution in [0.2, 0.25) is 0 Å². The van der Waals surface area contributed by atoms with Crippen LogP contribution in [0.15, 0.2) is 36.6 Å². The Hall–Kier alpha value is -2.91. The SMILES string of the molecule is COC1CC(OC2C(C)OC(OC3CCC4(C)C(CCC5C4C(OC(C)=O)C(C(=O)OC=Cc4ccccc4)C4(C)C(C(C)=O)CCC54O)C3)CC2OC)OCC1OC1OC(C)C(O)C(OC)C1O. The zero-order chi connectivity index (χ0) is 49.6. The molecule has 1 aromatic rings. The van der Waals surface area contributed by atoms with Gasteiger partial charge in [0.1, 0.15) is 48.3 Å². The number of carbonyl (C=O) groups excluding carboxylic acids is 3. The molecule has 17 nitrogen and oxygen atoms in total. The van der Waals surface area contributed by atoms with Gasteiger partial charge in [0.05, 0.1) is 49.0 Å². The van der Waals surface area contributed by atoms with Crippen LogP contribution in [0.5, 0.6) is 0 Å². The van der Waals surface area contributed by atoms with Gasteiger partial charge in [0, 0.05) is 58.3 Å². The van der Waals surface area contributed by atoms with E-state index < -0.39 is 126 Å². The van der Waals surface area contributed by atoms with E-state index in [0.29, 0.717) is 51.4 Å². The van der Waals surface area contributed by atoms with Gasteiger partial charge >= 0.3 is 11.9 Å². The Morgan fingerprint density at radius 1 is 0.754 bits per heavy atom. The molecule has 3 N–H and O–H groups in total. The molecule has 7 aliphatic rings. The maximum absolute atomic E-state index is 14.6. The molecule has 4 saturated carbocycles. The highest BCUT2D eigenvalue weighted by Gasteiger charge is 2.76. The molecule has 0 spiro atoms. The number of carbonyl (C=O) groups is 3.